The van der Waals surface area contributed by atoms with Crippen molar-refractivity contribution in [3.05, 3.63) is 29.0 Å². The molecule has 2 amide bonds. The molecule has 5 nitrogen and oxygen atoms in total. The van der Waals surface area contributed by atoms with E-state index in [-0.39, 0.29) is 16.2 Å². The fourth-order valence-corrected chi connectivity index (χ4v) is 1.57. The predicted octanol–water partition coefficient (Wildman–Crippen LogP) is 1.92. The molecule has 21 heavy (non-hydrogen) atoms. The molecule has 0 aromatic heterocycles. The Balaban J connectivity index is 2.41. The standard InChI is InChI=1S/C14H19ClFN3O2/c1-14(2,3)18-7-6-17-12(20)13(21)19-9-4-5-10(15)11(16)8-9/h4-5,8,18H,6-7H2,1-3H3,(H,17,20)(H,19,21). The largest absolute Gasteiger partial charge is 0.347 e. The maximum Gasteiger partial charge on any atom is 0.313 e. The van der Waals surface area contributed by atoms with Gasteiger partial charge < -0.3 is 16.0 Å². The fourth-order valence-electron chi connectivity index (χ4n) is 1.46. The molecule has 7 heteroatoms. The van der Waals surface area contributed by atoms with E-state index in [0.717, 1.165) is 6.07 Å². The van der Waals surface area contributed by atoms with E-state index in [1.807, 2.05) is 20.8 Å². The summed E-state index contributed by atoms with van der Waals surface area (Å²) in [4.78, 5) is 23.2. The number of nitrogens with one attached hydrogen (secondary N) is 3. The second kappa shape index (κ2) is 7.38. The summed E-state index contributed by atoms with van der Waals surface area (Å²) < 4.78 is 13.2. The van der Waals surface area contributed by atoms with Crippen LogP contribution >= 0.6 is 11.6 Å². The number of hydrogen-bond acceptors (Lipinski definition) is 3. The molecule has 3 N–H and O–H groups in total. The zero-order valence-corrected chi connectivity index (χ0v) is 13.0. The fraction of sp³-hybridized carbons (Fsp3) is 0.429. The van der Waals surface area contributed by atoms with Crippen molar-refractivity contribution in [2.75, 3.05) is 18.4 Å². The van der Waals surface area contributed by atoms with Crippen LogP contribution in [0.3, 0.4) is 0 Å². The highest BCUT2D eigenvalue weighted by Gasteiger charge is 2.14. The van der Waals surface area contributed by atoms with Crippen molar-refractivity contribution in [3.8, 4) is 0 Å². The van der Waals surface area contributed by atoms with Gasteiger partial charge in [-0.3, -0.25) is 9.59 Å². The van der Waals surface area contributed by atoms with Crippen molar-refractivity contribution in [2.24, 2.45) is 0 Å². The van der Waals surface area contributed by atoms with E-state index in [0.29, 0.717) is 13.1 Å². The second-order valence-corrected chi connectivity index (χ2v) is 5.92. The van der Waals surface area contributed by atoms with Gasteiger partial charge in [0.1, 0.15) is 5.82 Å². The first kappa shape index (κ1) is 17.4. The van der Waals surface area contributed by atoms with Crippen LogP contribution in [-0.2, 0) is 9.59 Å². The van der Waals surface area contributed by atoms with Crippen LogP contribution in [0.4, 0.5) is 10.1 Å². The first-order valence-electron chi connectivity index (χ1n) is 6.48. The van der Waals surface area contributed by atoms with Crippen molar-refractivity contribution < 1.29 is 14.0 Å². The lowest BCUT2D eigenvalue weighted by atomic mass is 10.1. The van der Waals surface area contributed by atoms with Crippen LogP contribution in [0.1, 0.15) is 20.8 Å². The molecule has 0 saturated carbocycles. The number of carbonyl (C=O) groups is 2. The molecule has 0 aliphatic carbocycles. The van der Waals surface area contributed by atoms with E-state index in [4.69, 9.17) is 11.6 Å². The van der Waals surface area contributed by atoms with Crippen molar-refractivity contribution in [1.82, 2.24) is 10.6 Å². The maximum absolute atomic E-state index is 13.2. The monoisotopic (exact) mass is 315 g/mol. The number of amides is 2. The Kier molecular flexibility index (Phi) is 6.11. The highest BCUT2D eigenvalue weighted by atomic mass is 35.5. The van der Waals surface area contributed by atoms with Gasteiger partial charge in [-0.15, -0.1) is 0 Å². The molecule has 0 aliphatic rings. The lowest BCUT2D eigenvalue weighted by Gasteiger charge is -2.20. The summed E-state index contributed by atoms with van der Waals surface area (Å²) >= 11 is 5.53. The normalized spacial score (nSPS) is 11.1. The van der Waals surface area contributed by atoms with Crippen molar-refractivity contribution in [3.63, 3.8) is 0 Å². The lowest BCUT2D eigenvalue weighted by molar-refractivity contribution is -0.136. The molecule has 1 rings (SSSR count). The average Bonchev–Trinajstić information content (AvgIpc) is 2.37. The van der Waals surface area contributed by atoms with Gasteiger partial charge in [0.05, 0.1) is 5.02 Å². The molecule has 1 aromatic carbocycles. The van der Waals surface area contributed by atoms with E-state index in [9.17, 15) is 14.0 Å². The Hall–Kier alpha value is -1.66. The second-order valence-electron chi connectivity index (χ2n) is 5.52. The summed E-state index contributed by atoms with van der Waals surface area (Å²) in [6, 6.07) is 3.77. The van der Waals surface area contributed by atoms with E-state index in [2.05, 4.69) is 16.0 Å². The minimum absolute atomic E-state index is 0.0503. The number of halogens is 2. The van der Waals surface area contributed by atoms with Crippen LogP contribution in [0.15, 0.2) is 18.2 Å². The van der Waals surface area contributed by atoms with Crippen molar-refractivity contribution in [1.29, 1.82) is 0 Å². The highest BCUT2D eigenvalue weighted by Crippen LogP contribution is 2.18. The zero-order chi connectivity index (χ0) is 16.0. The lowest BCUT2D eigenvalue weighted by Crippen LogP contribution is -2.43. The van der Waals surface area contributed by atoms with Crippen molar-refractivity contribution >= 4 is 29.1 Å². The summed E-state index contributed by atoms with van der Waals surface area (Å²) in [7, 11) is 0. The number of carbonyl (C=O) groups excluding carboxylic acids is 2. The van der Waals surface area contributed by atoms with Gasteiger partial charge in [-0.25, -0.2) is 4.39 Å². The van der Waals surface area contributed by atoms with Gasteiger partial charge in [0.25, 0.3) is 0 Å². The van der Waals surface area contributed by atoms with Gasteiger partial charge in [0.2, 0.25) is 0 Å². The van der Waals surface area contributed by atoms with Crippen molar-refractivity contribution in [2.45, 2.75) is 26.3 Å². The first-order chi connectivity index (χ1) is 9.69. The highest BCUT2D eigenvalue weighted by molar-refractivity contribution is 6.39. The molecule has 0 radical (unpaired) electrons. The molecule has 116 valence electrons. The summed E-state index contributed by atoms with van der Waals surface area (Å²) in [5.41, 5.74) is 0.109. The predicted molar refractivity (Wildman–Crippen MR) is 80.8 cm³/mol. The summed E-state index contributed by atoms with van der Waals surface area (Å²) in [5, 5.41) is 7.88. The Labute approximate surface area is 128 Å². The van der Waals surface area contributed by atoms with E-state index in [1.165, 1.54) is 12.1 Å². The zero-order valence-electron chi connectivity index (χ0n) is 12.2. The molecule has 0 spiro atoms. The Morgan fingerprint density at radius 3 is 2.43 bits per heavy atom. The summed E-state index contributed by atoms with van der Waals surface area (Å²) in [6.45, 7) is 6.85. The summed E-state index contributed by atoms with van der Waals surface area (Å²) in [6.07, 6.45) is 0. The van der Waals surface area contributed by atoms with Gasteiger partial charge in [-0.05, 0) is 39.0 Å². The topological polar surface area (TPSA) is 70.2 Å². The smallest absolute Gasteiger partial charge is 0.313 e. The molecule has 1 aromatic rings. The van der Waals surface area contributed by atoms with Gasteiger partial charge in [0, 0.05) is 24.3 Å². The van der Waals surface area contributed by atoms with E-state index in [1.54, 1.807) is 0 Å². The van der Waals surface area contributed by atoms with Crippen LogP contribution in [-0.4, -0.2) is 30.4 Å². The van der Waals surface area contributed by atoms with Crippen LogP contribution in [0, 0.1) is 5.82 Å². The van der Waals surface area contributed by atoms with Gasteiger partial charge >= 0.3 is 11.8 Å². The molecule has 0 heterocycles. The van der Waals surface area contributed by atoms with Gasteiger partial charge in [-0.2, -0.15) is 0 Å². The molecule has 0 bridgehead atoms. The van der Waals surface area contributed by atoms with Crippen LogP contribution in [0.25, 0.3) is 0 Å². The number of rotatable bonds is 4. The number of benzene rings is 1. The maximum atomic E-state index is 13.2. The Morgan fingerprint density at radius 1 is 1.19 bits per heavy atom. The van der Waals surface area contributed by atoms with Gasteiger partial charge in [-0.1, -0.05) is 11.6 Å². The third kappa shape index (κ3) is 6.55. The first-order valence-corrected chi connectivity index (χ1v) is 6.86. The molecule has 0 fully saturated rings. The third-order valence-corrected chi connectivity index (χ3v) is 2.76. The number of hydrogen-bond donors (Lipinski definition) is 3. The molecule has 0 atom stereocenters. The van der Waals surface area contributed by atoms with Crippen LogP contribution < -0.4 is 16.0 Å². The quantitative estimate of drug-likeness (QED) is 0.587. The number of anilines is 1. The molecular formula is C14H19ClFN3O2. The molecule has 0 unspecified atom stereocenters. The average molecular weight is 316 g/mol. The molecule has 0 aliphatic heterocycles. The van der Waals surface area contributed by atoms with E-state index < -0.39 is 17.6 Å². The van der Waals surface area contributed by atoms with E-state index >= 15 is 0 Å². The Morgan fingerprint density at radius 2 is 1.86 bits per heavy atom. The minimum Gasteiger partial charge on any atom is -0.347 e. The van der Waals surface area contributed by atoms with Gasteiger partial charge in [0.15, 0.2) is 0 Å². The third-order valence-electron chi connectivity index (χ3n) is 2.45. The van der Waals surface area contributed by atoms with Crippen LogP contribution in [0.5, 0.6) is 0 Å². The summed E-state index contributed by atoms with van der Waals surface area (Å²) in [5.74, 6) is -2.29. The Bertz CT molecular complexity index is 529. The van der Waals surface area contributed by atoms with Crippen LogP contribution in [0.2, 0.25) is 5.02 Å². The SMILES string of the molecule is CC(C)(C)NCCNC(=O)C(=O)Nc1ccc(Cl)c(F)c1. The molecular weight excluding hydrogens is 297 g/mol. The minimum atomic E-state index is -0.854. The molecule has 0 saturated heterocycles.